The lowest BCUT2D eigenvalue weighted by molar-refractivity contribution is -0.136. The standard InChI is InChI=1S/C20H27N3O2/c1-13-7-6-8-16(21-13)19(25)23-15-11-20(3)17(22(12-15)14(2)24)9-4-5-10-18(20)23/h6-8,15,17-18H,4-5,9-12H2,1-3H3/t15-,17+,18-,20+/m0/s1. The average Bonchev–Trinajstić information content (AvgIpc) is 2.68. The SMILES string of the molecule is CC(=O)N1C[C@@H]2C[C@@]3(C)[C@H](CCCC[C@@H]13)N2C(=O)c1cccc(C)n1. The molecule has 1 aromatic rings. The lowest BCUT2D eigenvalue weighted by atomic mass is 9.71. The fraction of sp³-hybridized carbons (Fsp3) is 0.650. The molecular formula is C20H27N3O2. The number of piperidine rings is 1. The summed E-state index contributed by atoms with van der Waals surface area (Å²) in [5.41, 5.74) is 1.40. The van der Waals surface area contributed by atoms with Gasteiger partial charge in [-0.2, -0.15) is 0 Å². The highest BCUT2D eigenvalue weighted by atomic mass is 16.2. The summed E-state index contributed by atoms with van der Waals surface area (Å²) in [6.45, 7) is 6.55. The van der Waals surface area contributed by atoms with Crippen LogP contribution in [0.2, 0.25) is 0 Å². The van der Waals surface area contributed by atoms with Gasteiger partial charge in [0.2, 0.25) is 5.91 Å². The van der Waals surface area contributed by atoms with Crippen molar-refractivity contribution < 1.29 is 9.59 Å². The van der Waals surface area contributed by atoms with E-state index in [9.17, 15) is 9.59 Å². The monoisotopic (exact) mass is 341 g/mol. The van der Waals surface area contributed by atoms with Crippen molar-refractivity contribution in [2.24, 2.45) is 5.41 Å². The molecule has 0 N–H and O–H groups in total. The smallest absolute Gasteiger partial charge is 0.273 e. The normalized spacial score (nSPS) is 34.0. The first kappa shape index (κ1) is 16.6. The number of likely N-dealkylation sites (tertiary alicyclic amines) is 2. The molecule has 0 unspecified atom stereocenters. The molecule has 3 aliphatic rings. The van der Waals surface area contributed by atoms with Crippen LogP contribution in [-0.4, -0.2) is 51.3 Å². The summed E-state index contributed by atoms with van der Waals surface area (Å²) in [5, 5.41) is 0. The average molecular weight is 341 g/mol. The van der Waals surface area contributed by atoms with Gasteiger partial charge < -0.3 is 9.80 Å². The molecule has 0 radical (unpaired) electrons. The minimum atomic E-state index is 0.00454. The Bertz CT molecular complexity index is 719. The number of rotatable bonds is 1. The summed E-state index contributed by atoms with van der Waals surface area (Å²) >= 11 is 0. The summed E-state index contributed by atoms with van der Waals surface area (Å²) in [6, 6.07) is 6.22. The third-order valence-corrected chi connectivity index (χ3v) is 6.66. The van der Waals surface area contributed by atoms with Gasteiger partial charge in [-0.1, -0.05) is 25.8 Å². The highest BCUT2D eigenvalue weighted by Crippen LogP contribution is 2.53. The molecule has 1 aliphatic carbocycles. The molecule has 1 saturated carbocycles. The third kappa shape index (κ3) is 2.47. The van der Waals surface area contributed by atoms with Crippen molar-refractivity contribution in [3.8, 4) is 0 Å². The van der Waals surface area contributed by atoms with Crippen LogP contribution < -0.4 is 0 Å². The second-order valence-electron chi connectivity index (χ2n) is 8.23. The van der Waals surface area contributed by atoms with Crippen LogP contribution in [0.1, 0.15) is 62.1 Å². The summed E-state index contributed by atoms with van der Waals surface area (Å²) < 4.78 is 0. The third-order valence-electron chi connectivity index (χ3n) is 6.66. The number of carbonyl (C=O) groups excluding carboxylic acids is 2. The first-order valence-electron chi connectivity index (χ1n) is 9.45. The molecule has 2 amide bonds. The zero-order valence-electron chi connectivity index (χ0n) is 15.4. The molecule has 5 heteroatoms. The lowest BCUT2D eigenvalue weighted by Crippen LogP contribution is -2.55. The van der Waals surface area contributed by atoms with Crippen LogP contribution in [-0.2, 0) is 4.79 Å². The van der Waals surface area contributed by atoms with Gasteiger partial charge in [0.15, 0.2) is 0 Å². The Morgan fingerprint density at radius 2 is 1.92 bits per heavy atom. The van der Waals surface area contributed by atoms with Gasteiger partial charge in [0, 0.05) is 36.7 Å². The molecular weight excluding hydrogens is 314 g/mol. The summed E-state index contributed by atoms with van der Waals surface area (Å²) in [4.78, 5) is 34.2. The number of nitrogens with zero attached hydrogens (tertiary/aromatic N) is 3. The van der Waals surface area contributed by atoms with Crippen molar-refractivity contribution in [3.63, 3.8) is 0 Å². The minimum Gasteiger partial charge on any atom is -0.337 e. The first-order valence-corrected chi connectivity index (χ1v) is 9.45. The molecule has 1 aromatic heterocycles. The van der Waals surface area contributed by atoms with E-state index in [2.05, 4.69) is 16.8 Å². The molecule has 25 heavy (non-hydrogen) atoms. The van der Waals surface area contributed by atoms with E-state index in [1.165, 1.54) is 0 Å². The van der Waals surface area contributed by atoms with Crippen molar-refractivity contribution in [2.75, 3.05) is 6.54 Å². The summed E-state index contributed by atoms with van der Waals surface area (Å²) in [7, 11) is 0. The van der Waals surface area contributed by atoms with Gasteiger partial charge in [0.25, 0.3) is 5.91 Å². The number of hydrogen-bond acceptors (Lipinski definition) is 3. The van der Waals surface area contributed by atoms with Gasteiger partial charge in [-0.25, -0.2) is 4.98 Å². The maximum absolute atomic E-state index is 13.3. The van der Waals surface area contributed by atoms with Crippen LogP contribution in [0.15, 0.2) is 18.2 Å². The van der Waals surface area contributed by atoms with E-state index in [-0.39, 0.29) is 35.4 Å². The number of aromatic nitrogens is 1. The highest BCUT2D eigenvalue weighted by molar-refractivity contribution is 5.93. The highest BCUT2D eigenvalue weighted by Gasteiger charge is 2.60. The molecule has 2 saturated heterocycles. The fourth-order valence-corrected chi connectivity index (χ4v) is 5.61. The van der Waals surface area contributed by atoms with E-state index in [1.54, 1.807) is 6.92 Å². The first-order chi connectivity index (χ1) is 11.9. The number of fused-ring (bicyclic) bond motifs is 1. The Labute approximate surface area is 149 Å². The molecule has 0 spiro atoms. The summed E-state index contributed by atoms with van der Waals surface area (Å²) in [6.07, 6.45) is 5.36. The Hall–Kier alpha value is -1.91. The Kier molecular flexibility index (Phi) is 3.85. The quantitative estimate of drug-likeness (QED) is 0.789. The fourth-order valence-electron chi connectivity index (χ4n) is 5.61. The number of pyridine rings is 1. The van der Waals surface area contributed by atoms with Crippen LogP contribution in [0.3, 0.4) is 0 Å². The molecule has 134 valence electrons. The van der Waals surface area contributed by atoms with Gasteiger partial charge in [0.05, 0.1) is 6.04 Å². The van der Waals surface area contributed by atoms with Gasteiger partial charge in [0.1, 0.15) is 5.69 Å². The molecule has 3 fully saturated rings. The molecule has 4 rings (SSSR count). The zero-order valence-corrected chi connectivity index (χ0v) is 15.4. The number of aryl methyl sites for hydroxylation is 1. The Balaban J connectivity index is 1.74. The van der Waals surface area contributed by atoms with E-state index in [0.717, 1.165) is 37.8 Å². The van der Waals surface area contributed by atoms with Gasteiger partial charge in [-0.05, 0) is 38.3 Å². The van der Waals surface area contributed by atoms with Crippen molar-refractivity contribution in [1.29, 1.82) is 0 Å². The second-order valence-corrected chi connectivity index (χ2v) is 8.23. The second kappa shape index (κ2) is 5.82. The van der Waals surface area contributed by atoms with Crippen LogP contribution in [0.25, 0.3) is 0 Å². The molecule has 2 bridgehead atoms. The number of carbonyl (C=O) groups is 2. The topological polar surface area (TPSA) is 53.5 Å². The van der Waals surface area contributed by atoms with E-state index >= 15 is 0 Å². The molecule has 5 nitrogen and oxygen atoms in total. The van der Waals surface area contributed by atoms with E-state index < -0.39 is 0 Å². The van der Waals surface area contributed by atoms with E-state index in [4.69, 9.17) is 0 Å². The lowest BCUT2D eigenvalue weighted by Gasteiger charge is -2.46. The van der Waals surface area contributed by atoms with Gasteiger partial charge in [-0.15, -0.1) is 0 Å². The summed E-state index contributed by atoms with van der Waals surface area (Å²) in [5.74, 6) is 0.179. The van der Waals surface area contributed by atoms with Gasteiger partial charge in [-0.3, -0.25) is 9.59 Å². The zero-order chi connectivity index (χ0) is 17.8. The Morgan fingerprint density at radius 3 is 2.60 bits per heavy atom. The van der Waals surface area contributed by atoms with Gasteiger partial charge >= 0.3 is 0 Å². The molecule has 2 aliphatic heterocycles. The van der Waals surface area contributed by atoms with Crippen molar-refractivity contribution in [1.82, 2.24) is 14.8 Å². The number of amides is 2. The van der Waals surface area contributed by atoms with Crippen molar-refractivity contribution >= 4 is 11.8 Å². The number of hydrogen-bond donors (Lipinski definition) is 0. The van der Waals surface area contributed by atoms with Crippen LogP contribution in [0.5, 0.6) is 0 Å². The van der Waals surface area contributed by atoms with Crippen molar-refractivity contribution in [2.45, 2.75) is 71.0 Å². The van der Waals surface area contributed by atoms with Crippen LogP contribution in [0, 0.1) is 12.3 Å². The molecule has 0 aromatic carbocycles. The predicted molar refractivity (Wildman–Crippen MR) is 95.1 cm³/mol. The minimum absolute atomic E-state index is 0.00454. The van der Waals surface area contributed by atoms with E-state index in [1.807, 2.05) is 30.0 Å². The maximum Gasteiger partial charge on any atom is 0.273 e. The van der Waals surface area contributed by atoms with E-state index in [0.29, 0.717) is 12.2 Å². The molecule has 4 atom stereocenters. The van der Waals surface area contributed by atoms with Crippen molar-refractivity contribution in [3.05, 3.63) is 29.6 Å². The van der Waals surface area contributed by atoms with Crippen LogP contribution in [0.4, 0.5) is 0 Å². The van der Waals surface area contributed by atoms with Crippen LogP contribution >= 0.6 is 0 Å². The molecule has 3 heterocycles. The maximum atomic E-state index is 13.3. The Morgan fingerprint density at radius 1 is 1.20 bits per heavy atom. The largest absolute Gasteiger partial charge is 0.337 e. The predicted octanol–water partition coefficient (Wildman–Crippen LogP) is 2.78.